The van der Waals surface area contributed by atoms with Crippen molar-refractivity contribution in [1.82, 2.24) is 0 Å². The summed E-state index contributed by atoms with van der Waals surface area (Å²) in [7, 11) is 0.287. The van der Waals surface area contributed by atoms with E-state index in [2.05, 4.69) is 0 Å². The highest BCUT2D eigenvalue weighted by Gasteiger charge is 2.50. The minimum atomic E-state index is -4.10. The second-order valence-corrected chi connectivity index (χ2v) is 9.84. The molecule has 1 saturated heterocycles. The predicted octanol–water partition coefficient (Wildman–Crippen LogP) is 4.87. The Labute approximate surface area is 203 Å². The van der Waals surface area contributed by atoms with E-state index in [4.69, 9.17) is 25.8 Å². The van der Waals surface area contributed by atoms with Gasteiger partial charge in [-0.1, -0.05) is 41.9 Å². The number of ether oxygens (including phenoxy) is 3. The number of hydrogen-bond donors (Lipinski definition) is 0. The Hall–Kier alpha value is -3.49. The van der Waals surface area contributed by atoms with Gasteiger partial charge < -0.3 is 14.2 Å². The average Bonchev–Trinajstić information content (AvgIpc) is 3.04. The lowest BCUT2D eigenvalue weighted by molar-refractivity contribution is -0.114. The van der Waals surface area contributed by atoms with Crippen molar-refractivity contribution in [1.29, 1.82) is 0 Å². The fraction of sp³-hybridized carbons (Fsp3) is 0.160. The lowest BCUT2D eigenvalue weighted by Gasteiger charge is -2.23. The molecule has 3 aromatic carbocycles. The first-order chi connectivity index (χ1) is 16.3. The number of carbonyl (C=O) groups is 1. The normalized spacial score (nSPS) is 18.2. The summed E-state index contributed by atoms with van der Waals surface area (Å²) in [5, 5.41) is -0.752. The molecule has 176 valence electrons. The van der Waals surface area contributed by atoms with Crippen LogP contribution < -0.4 is 19.1 Å². The molecule has 1 unspecified atom stereocenters. The highest BCUT2D eigenvalue weighted by atomic mass is 35.5. The zero-order valence-electron chi connectivity index (χ0n) is 18.7. The van der Waals surface area contributed by atoms with Crippen molar-refractivity contribution in [3.8, 4) is 17.2 Å². The van der Waals surface area contributed by atoms with Gasteiger partial charge in [0.15, 0.2) is 16.9 Å². The maximum absolute atomic E-state index is 13.7. The van der Waals surface area contributed by atoms with Crippen molar-refractivity contribution in [2.45, 2.75) is 5.37 Å². The van der Waals surface area contributed by atoms with Crippen LogP contribution in [0.1, 0.15) is 16.5 Å². The molecule has 1 heterocycles. The zero-order valence-corrected chi connectivity index (χ0v) is 20.3. The molecule has 9 heteroatoms. The number of sulfone groups is 1. The summed E-state index contributed by atoms with van der Waals surface area (Å²) in [6.45, 7) is 0. The van der Waals surface area contributed by atoms with Crippen molar-refractivity contribution in [2.75, 3.05) is 26.2 Å². The van der Waals surface area contributed by atoms with Crippen molar-refractivity contribution >= 4 is 39.1 Å². The van der Waals surface area contributed by atoms with Crippen LogP contribution in [-0.4, -0.2) is 35.7 Å². The zero-order chi connectivity index (χ0) is 24.5. The lowest BCUT2D eigenvalue weighted by atomic mass is 10.1. The molecule has 0 aliphatic carbocycles. The van der Waals surface area contributed by atoms with Crippen molar-refractivity contribution < 1.29 is 27.4 Å². The second-order valence-electron chi connectivity index (χ2n) is 7.43. The fourth-order valence-electron chi connectivity index (χ4n) is 3.89. The van der Waals surface area contributed by atoms with Crippen molar-refractivity contribution in [2.24, 2.45) is 0 Å². The number of benzene rings is 3. The van der Waals surface area contributed by atoms with Crippen LogP contribution in [0.15, 0.2) is 71.6 Å². The highest BCUT2D eigenvalue weighted by Crippen LogP contribution is 2.45. The van der Waals surface area contributed by atoms with E-state index in [-0.39, 0.29) is 4.91 Å². The van der Waals surface area contributed by atoms with Gasteiger partial charge in [-0.25, -0.2) is 8.42 Å². The third-order valence-corrected chi connectivity index (χ3v) is 7.67. The lowest BCUT2D eigenvalue weighted by Crippen LogP contribution is -2.28. The Bertz CT molecular complexity index is 1330. The van der Waals surface area contributed by atoms with Crippen LogP contribution in [0.4, 0.5) is 5.69 Å². The molecule has 1 atom stereocenters. The first-order valence-electron chi connectivity index (χ1n) is 10.2. The molecule has 0 radical (unpaired) electrons. The Morgan fingerprint density at radius 1 is 0.882 bits per heavy atom. The monoisotopic (exact) mass is 499 g/mol. The van der Waals surface area contributed by atoms with Crippen LogP contribution in [0.25, 0.3) is 6.08 Å². The van der Waals surface area contributed by atoms with Gasteiger partial charge in [0.05, 0.1) is 21.3 Å². The van der Waals surface area contributed by atoms with Gasteiger partial charge in [0.25, 0.3) is 5.91 Å². The summed E-state index contributed by atoms with van der Waals surface area (Å²) in [5.41, 5.74) is 1.30. The number of halogens is 1. The molecular weight excluding hydrogens is 478 g/mol. The summed E-state index contributed by atoms with van der Waals surface area (Å²) < 4.78 is 43.6. The molecule has 0 aromatic heterocycles. The molecule has 34 heavy (non-hydrogen) atoms. The Morgan fingerprint density at radius 2 is 1.47 bits per heavy atom. The Morgan fingerprint density at radius 3 is 2.00 bits per heavy atom. The molecule has 4 rings (SSSR count). The second kappa shape index (κ2) is 9.40. The van der Waals surface area contributed by atoms with Gasteiger partial charge in [-0.15, -0.1) is 0 Å². The third-order valence-electron chi connectivity index (χ3n) is 5.44. The number of amides is 1. The first kappa shape index (κ1) is 23.7. The van der Waals surface area contributed by atoms with Crippen LogP contribution in [0.2, 0.25) is 5.02 Å². The largest absolute Gasteiger partial charge is 0.493 e. The first-order valence-corrected chi connectivity index (χ1v) is 12.1. The summed E-state index contributed by atoms with van der Waals surface area (Å²) >= 11 is 6.01. The van der Waals surface area contributed by atoms with Gasteiger partial charge in [0.2, 0.25) is 15.6 Å². The maximum atomic E-state index is 13.7. The van der Waals surface area contributed by atoms with Crippen LogP contribution in [-0.2, 0) is 14.6 Å². The van der Waals surface area contributed by atoms with E-state index < -0.39 is 21.1 Å². The standard InChI is InChI=1S/C25H22ClNO6S/c1-31-20-13-16(14-21(32-2)23(20)33-3)15-22-24(28)27(19-11-9-18(26)10-12-19)25(34(22,29)30)17-7-5-4-6-8-17/h4-15,25H,1-3H3/b22-15+. The molecule has 1 aliphatic rings. The Balaban J connectivity index is 1.91. The molecule has 0 N–H and O–H groups in total. The third kappa shape index (κ3) is 4.10. The van der Waals surface area contributed by atoms with Gasteiger partial charge in [-0.05, 0) is 53.6 Å². The number of anilines is 1. The molecule has 7 nitrogen and oxygen atoms in total. The molecule has 1 aliphatic heterocycles. The van der Waals surface area contributed by atoms with Crippen molar-refractivity contribution in [3.05, 3.63) is 87.8 Å². The molecule has 3 aromatic rings. The number of hydrogen-bond acceptors (Lipinski definition) is 6. The summed E-state index contributed by atoms with van der Waals surface area (Å²) in [6.07, 6.45) is 1.33. The predicted molar refractivity (Wildman–Crippen MR) is 131 cm³/mol. The summed E-state index contributed by atoms with van der Waals surface area (Å²) in [6, 6.07) is 18.2. The van der Waals surface area contributed by atoms with E-state index >= 15 is 0 Å². The fourth-order valence-corrected chi connectivity index (χ4v) is 5.91. The van der Waals surface area contributed by atoms with Gasteiger partial charge in [0.1, 0.15) is 4.91 Å². The number of carbonyl (C=O) groups excluding carboxylic acids is 1. The summed E-state index contributed by atoms with van der Waals surface area (Å²) in [4.78, 5) is 14.5. The number of methoxy groups -OCH3 is 3. The van der Waals surface area contributed by atoms with E-state index in [0.29, 0.717) is 39.1 Å². The van der Waals surface area contributed by atoms with Crippen LogP contribution in [0.3, 0.4) is 0 Å². The van der Waals surface area contributed by atoms with E-state index in [9.17, 15) is 13.2 Å². The van der Waals surface area contributed by atoms with Gasteiger partial charge >= 0.3 is 0 Å². The molecule has 1 fully saturated rings. The van der Waals surface area contributed by atoms with Crippen LogP contribution >= 0.6 is 11.6 Å². The van der Waals surface area contributed by atoms with E-state index in [0.717, 1.165) is 0 Å². The molecule has 0 saturated carbocycles. The Kier molecular flexibility index (Phi) is 6.54. The molecule has 0 bridgehead atoms. The quantitative estimate of drug-likeness (QED) is 0.450. The molecule has 0 spiro atoms. The smallest absolute Gasteiger partial charge is 0.271 e. The SMILES string of the molecule is COc1cc(/C=C2\C(=O)N(c3ccc(Cl)cc3)C(c3ccccc3)S2(=O)=O)cc(OC)c1OC. The summed E-state index contributed by atoms with van der Waals surface area (Å²) in [5.74, 6) is 0.388. The van der Waals surface area contributed by atoms with Crippen LogP contribution in [0, 0.1) is 0 Å². The number of nitrogens with zero attached hydrogens (tertiary/aromatic N) is 1. The average molecular weight is 500 g/mol. The highest BCUT2D eigenvalue weighted by molar-refractivity contribution is 7.97. The maximum Gasteiger partial charge on any atom is 0.271 e. The molecule has 1 amide bonds. The van der Waals surface area contributed by atoms with Crippen molar-refractivity contribution in [3.63, 3.8) is 0 Å². The minimum absolute atomic E-state index is 0.339. The van der Waals surface area contributed by atoms with Gasteiger partial charge in [0, 0.05) is 10.7 Å². The van der Waals surface area contributed by atoms with E-state index in [1.807, 2.05) is 0 Å². The topological polar surface area (TPSA) is 82.1 Å². The van der Waals surface area contributed by atoms with Gasteiger partial charge in [-0.3, -0.25) is 9.69 Å². The van der Waals surface area contributed by atoms with Gasteiger partial charge in [-0.2, -0.15) is 0 Å². The van der Waals surface area contributed by atoms with E-state index in [1.54, 1.807) is 66.7 Å². The molecular formula is C25H22ClNO6S. The minimum Gasteiger partial charge on any atom is -0.493 e. The van der Waals surface area contributed by atoms with E-state index in [1.165, 1.54) is 32.3 Å². The van der Waals surface area contributed by atoms with Crippen LogP contribution in [0.5, 0.6) is 17.2 Å². The number of rotatable bonds is 6.